The van der Waals surface area contributed by atoms with Gasteiger partial charge in [0.15, 0.2) is 0 Å². The molecule has 7 aromatic rings. The van der Waals surface area contributed by atoms with Gasteiger partial charge in [0, 0.05) is 39.8 Å². The van der Waals surface area contributed by atoms with E-state index < -0.39 is 0 Å². The second-order valence-corrected chi connectivity index (χ2v) is 13.0. The van der Waals surface area contributed by atoms with Gasteiger partial charge in [0.05, 0.1) is 0 Å². The quantitative estimate of drug-likeness (QED) is 0.0856. The standard InChI is InChI=1S/C14H16N2.C13H14N2.C13H13NO.C6H8N2/c1-9-7-11(15)3-5-13(9)14-6-4-12(16)8-10(14)2;14-12-5-1-10(2-6-12)9-11-3-7-13(15)8-4-11;1-10-2-6-12(7-3-10)15-13-8-4-11(14)5-9-13;7-5-1-2-6(8)4-3-5/h3-8H,15-16H2,1-2H3;1-8H,9,14-15H2;2-9H,14H2,1H3;1-4H,7-8H2. The molecule has 0 radical (unpaired) electrons. The van der Waals surface area contributed by atoms with Crippen LogP contribution in [-0.4, -0.2) is 0 Å². The molecule has 0 aliphatic carbocycles. The molecule has 54 heavy (non-hydrogen) atoms. The summed E-state index contributed by atoms with van der Waals surface area (Å²) in [6.45, 7) is 6.19. The smallest absolute Gasteiger partial charge is 0.127 e. The molecule has 0 saturated heterocycles. The van der Waals surface area contributed by atoms with Crippen molar-refractivity contribution >= 4 is 39.8 Å². The zero-order valence-corrected chi connectivity index (χ0v) is 31.2. The zero-order chi connectivity index (χ0) is 39.0. The van der Waals surface area contributed by atoms with Crippen molar-refractivity contribution in [2.24, 2.45) is 0 Å². The van der Waals surface area contributed by atoms with Gasteiger partial charge < -0.3 is 44.9 Å². The fraction of sp³-hybridized carbons (Fsp3) is 0.0870. The molecule has 0 aliphatic heterocycles. The monoisotopic (exact) mass is 717 g/mol. The fourth-order valence-electron chi connectivity index (χ4n) is 5.26. The van der Waals surface area contributed by atoms with Crippen LogP contribution in [0.15, 0.2) is 158 Å². The Morgan fingerprint density at radius 2 is 0.611 bits per heavy atom. The van der Waals surface area contributed by atoms with Crippen molar-refractivity contribution in [3.63, 3.8) is 0 Å². The van der Waals surface area contributed by atoms with Gasteiger partial charge in [0.25, 0.3) is 0 Å². The second-order valence-electron chi connectivity index (χ2n) is 13.0. The molecule has 276 valence electrons. The molecule has 8 heteroatoms. The topological polar surface area (TPSA) is 191 Å². The summed E-state index contributed by atoms with van der Waals surface area (Å²) in [5, 5.41) is 0. The average Bonchev–Trinajstić information content (AvgIpc) is 3.15. The number of nitrogens with two attached hydrogens (primary N) is 7. The summed E-state index contributed by atoms with van der Waals surface area (Å²) in [5.74, 6) is 1.64. The van der Waals surface area contributed by atoms with Crippen molar-refractivity contribution < 1.29 is 4.74 Å². The van der Waals surface area contributed by atoms with Crippen molar-refractivity contribution in [2.45, 2.75) is 27.2 Å². The molecule has 8 nitrogen and oxygen atoms in total. The number of anilines is 7. The minimum absolute atomic E-state index is 0.742. The lowest BCUT2D eigenvalue weighted by Gasteiger charge is -2.10. The van der Waals surface area contributed by atoms with E-state index in [1.165, 1.54) is 38.9 Å². The van der Waals surface area contributed by atoms with Crippen LogP contribution >= 0.6 is 0 Å². The molecule has 0 bridgehead atoms. The van der Waals surface area contributed by atoms with Crippen molar-refractivity contribution in [1.82, 2.24) is 0 Å². The summed E-state index contributed by atoms with van der Waals surface area (Å²) in [6.07, 6.45) is 0.917. The van der Waals surface area contributed by atoms with Crippen LogP contribution < -0.4 is 44.9 Å². The highest BCUT2D eigenvalue weighted by molar-refractivity contribution is 5.73. The lowest BCUT2D eigenvalue weighted by atomic mass is 9.96. The average molecular weight is 718 g/mol. The summed E-state index contributed by atoms with van der Waals surface area (Å²) in [7, 11) is 0. The van der Waals surface area contributed by atoms with E-state index in [2.05, 4.69) is 26.0 Å². The van der Waals surface area contributed by atoms with Crippen LogP contribution in [0.2, 0.25) is 0 Å². The predicted octanol–water partition coefficient (Wildman–Crippen LogP) is 9.80. The summed E-state index contributed by atoms with van der Waals surface area (Å²) in [5.41, 5.74) is 53.1. The first kappa shape index (κ1) is 39.7. The SMILES string of the molecule is Cc1cc(N)ccc1-c1ccc(N)cc1C.Cc1ccc(Oc2ccc(N)cc2)cc1.Nc1ccc(Cc2ccc(N)cc2)cc1.Nc1ccc(N)cc1. The van der Waals surface area contributed by atoms with Crippen molar-refractivity contribution in [3.8, 4) is 22.6 Å². The maximum Gasteiger partial charge on any atom is 0.127 e. The first-order valence-electron chi connectivity index (χ1n) is 17.5. The number of aryl methyl sites for hydroxylation is 3. The van der Waals surface area contributed by atoms with E-state index in [9.17, 15) is 0 Å². The predicted molar refractivity (Wildman–Crippen MR) is 232 cm³/mol. The maximum atomic E-state index is 5.75. The van der Waals surface area contributed by atoms with Gasteiger partial charge >= 0.3 is 0 Å². The Balaban J connectivity index is 0.000000164. The molecule has 0 saturated carbocycles. The van der Waals surface area contributed by atoms with Crippen LogP contribution in [0.3, 0.4) is 0 Å². The van der Waals surface area contributed by atoms with Crippen LogP contribution in [-0.2, 0) is 6.42 Å². The molecule has 7 aromatic carbocycles. The second kappa shape index (κ2) is 19.5. The van der Waals surface area contributed by atoms with E-state index in [1.54, 1.807) is 24.3 Å². The Hall–Kier alpha value is -7.06. The van der Waals surface area contributed by atoms with Crippen LogP contribution in [0.1, 0.15) is 27.8 Å². The van der Waals surface area contributed by atoms with E-state index in [0.29, 0.717) is 0 Å². The van der Waals surface area contributed by atoms with Crippen LogP contribution in [0.5, 0.6) is 11.5 Å². The van der Waals surface area contributed by atoms with E-state index in [0.717, 1.165) is 57.7 Å². The largest absolute Gasteiger partial charge is 0.457 e. The number of ether oxygens (including phenoxy) is 1. The van der Waals surface area contributed by atoms with E-state index in [-0.39, 0.29) is 0 Å². The third kappa shape index (κ3) is 13.2. The van der Waals surface area contributed by atoms with Gasteiger partial charge in [-0.2, -0.15) is 0 Å². The number of nitrogen functional groups attached to an aromatic ring is 7. The molecule has 0 atom stereocenters. The van der Waals surface area contributed by atoms with E-state index in [1.807, 2.05) is 128 Å². The lowest BCUT2D eigenvalue weighted by Crippen LogP contribution is -1.92. The molecule has 0 aliphatic rings. The van der Waals surface area contributed by atoms with Crippen LogP contribution in [0, 0.1) is 20.8 Å². The molecule has 0 amide bonds. The molecule has 7 rings (SSSR count). The highest BCUT2D eigenvalue weighted by Gasteiger charge is 2.05. The summed E-state index contributed by atoms with van der Waals surface area (Å²) < 4.78 is 5.63. The Morgan fingerprint density at radius 1 is 0.333 bits per heavy atom. The van der Waals surface area contributed by atoms with Crippen LogP contribution in [0.4, 0.5) is 39.8 Å². The van der Waals surface area contributed by atoms with Gasteiger partial charge in [0.1, 0.15) is 11.5 Å². The number of hydrogen-bond acceptors (Lipinski definition) is 8. The minimum atomic E-state index is 0.742. The molecule has 0 heterocycles. The number of benzene rings is 7. The van der Waals surface area contributed by atoms with Gasteiger partial charge in [-0.3, -0.25) is 0 Å². The first-order chi connectivity index (χ1) is 25.8. The Morgan fingerprint density at radius 3 is 0.944 bits per heavy atom. The van der Waals surface area contributed by atoms with Crippen molar-refractivity contribution in [1.29, 1.82) is 0 Å². The van der Waals surface area contributed by atoms with Crippen LogP contribution in [0.25, 0.3) is 11.1 Å². The lowest BCUT2D eigenvalue weighted by molar-refractivity contribution is 0.482. The van der Waals surface area contributed by atoms with E-state index >= 15 is 0 Å². The van der Waals surface area contributed by atoms with Gasteiger partial charge in [0.2, 0.25) is 0 Å². The van der Waals surface area contributed by atoms with Gasteiger partial charge in [-0.15, -0.1) is 0 Å². The van der Waals surface area contributed by atoms with Gasteiger partial charge in [-0.25, -0.2) is 0 Å². The highest BCUT2D eigenvalue weighted by atomic mass is 16.5. The third-order valence-electron chi connectivity index (χ3n) is 8.23. The summed E-state index contributed by atoms with van der Waals surface area (Å²) in [6, 6.07) is 50.2. The maximum absolute atomic E-state index is 5.75. The molecule has 0 unspecified atom stereocenters. The summed E-state index contributed by atoms with van der Waals surface area (Å²) in [4.78, 5) is 0. The number of rotatable bonds is 5. The Labute approximate surface area is 319 Å². The highest BCUT2D eigenvalue weighted by Crippen LogP contribution is 2.29. The summed E-state index contributed by atoms with van der Waals surface area (Å²) >= 11 is 0. The zero-order valence-electron chi connectivity index (χ0n) is 31.2. The molecule has 0 fully saturated rings. The number of hydrogen-bond donors (Lipinski definition) is 7. The van der Waals surface area contributed by atoms with E-state index in [4.69, 9.17) is 44.9 Å². The Bertz CT molecular complexity index is 1940. The van der Waals surface area contributed by atoms with Crippen molar-refractivity contribution in [3.05, 3.63) is 186 Å². The Kier molecular flexibility index (Phi) is 14.4. The molecule has 0 spiro atoms. The van der Waals surface area contributed by atoms with Gasteiger partial charge in [-0.1, -0.05) is 54.1 Å². The molecular formula is C46H51N7O. The fourth-order valence-corrected chi connectivity index (χ4v) is 5.26. The molecule has 14 N–H and O–H groups in total. The molecule has 0 aromatic heterocycles. The first-order valence-corrected chi connectivity index (χ1v) is 17.5. The molecular weight excluding hydrogens is 667 g/mol. The normalized spacial score (nSPS) is 9.98. The minimum Gasteiger partial charge on any atom is -0.457 e. The van der Waals surface area contributed by atoms with Crippen molar-refractivity contribution in [2.75, 3.05) is 40.1 Å². The third-order valence-corrected chi connectivity index (χ3v) is 8.23. The van der Waals surface area contributed by atoms with Gasteiger partial charge in [-0.05, 0) is 170 Å².